The van der Waals surface area contributed by atoms with Crippen LogP contribution in [0.2, 0.25) is 0 Å². The molecule has 2 fully saturated rings. The third-order valence-electron chi connectivity index (χ3n) is 5.80. The zero-order chi connectivity index (χ0) is 18.0. The van der Waals surface area contributed by atoms with Gasteiger partial charge in [0.15, 0.2) is 0 Å². The van der Waals surface area contributed by atoms with Crippen molar-refractivity contribution in [1.29, 1.82) is 0 Å². The fourth-order valence-electron chi connectivity index (χ4n) is 4.09. The van der Waals surface area contributed by atoms with Crippen LogP contribution in [-0.4, -0.2) is 32.1 Å². The number of benzene rings is 1. The minimum Gasteiger partial charge on any atom is -0.397 e. The van der Waals surface area contributed by atoms with Crippen LogP contribution in [0.1, 0.15) is 56.3 Å². The van der Waals surface area contributed by atoms with Crippen LogP contribution in [0.25, 0.3) is 0 Å². The van der Waals surface area contributed by atoms with Gasteiger partial charge in [-0.25, -0.2) is 0 Å². The summed E-state index contributed by atoms with van der Waals surface area (Å²) in [6.45, 7) is 6.55. The van der Waals surface area contributed by atoms with Gasteiger partial charge in [-0.1, -0.05) is 13.8 Å². The first-order valence-corrected chi connectivity index (χ1v) is 9.65. The molecule has 0 bridgehead atoms. The van der Waals surface area contributed by atoms with E-state index in [0.717, 1.165) is 43.2 Å². The van der Waals surface area contributed by atoms with E-state index in [1.165, 1.54) is 19.3 Å². The molecule has 0 spiro atoms. The Balaban J connectivity index is 1.83. The molecular formula is C20H32N4O. The average molecular weight is 345 g/mol. The third kappa shape index (κ3) is 4.02. The molecular weight excluding hydrogens is 312 g/mol. The molecule has 1 saturated heterocycles. The largest absolute Gasteiger partial charge is 0.397 e. The second kappa shape index (κ2) is 7.54. The van der Waals surface area contributed by atoms with Crippen LogP contribution in [0.4, 0.5) is 17.1 Å². The summed E-state index contributed by atoms with van der Waals surface area (Å²) in [7, 11) is 1.87. The Morgan fingerprint density at radius 1 is 1.12 bits per heavy atom. The van der Waals surface area contributed by atoms with E-state index in [1.54, 1.807) is 0 Å². The Bertz CT molecular complexity index is 622. The van der Waals surface area contributed by atoms with Crippen molar-refractivity contribution in [2.45, 2.75) is 52.0 Å². The number of nitrogen functional groups attached to an aromatic ring is 1. The molecule has 1 saturated carbocycles. The quantitative estimate of drug-likeness (QED) is 0.732. The molecule has 5 heteroatoms. The van der Waals surface area contributed by atoms with Crippen molar-refractivity contribution in [1.82, 2.24) is 5.32 Å². The predicted octanol–water partition coefficient (Wildman–Crippen LogP) is 3.47. The molecule has 1 unspecified atom stereocenters. The number of rotatable bonds is 4. The average Bonchev–Trinajstić information content (AvgIpc) is 3.03. The van der Waals surface area contributed by atoms with E-state index in [4.69, 9.17) is 5.73 Å². The van der Waals surface area contributed by atoms with Crippen molar-refractivity contribution in [2.75, 3.05) is 36.1 Å². The molecule has 0 radical (unpaired) electrons. The lowest BCUT2D eigenvalue weighted by Crippen LogP contribution is -2.38. The lowest BCUT2D eigenvalue weighted by Gasteiger charge is -2.28. The number of hydrogen-bond acceptors (Lipinski definition) is 4. The van der Waals surface area contributed by atoms with Gasteiger partial charge in [-0.3, -0.25) is 4.79 Å². The maximum Gasteiger partial charge on any atom is 0.253 e. The molecule has 4 N–H and O–H groups in total. The highest BCUT2D eigenvalue weighted by Crippen LogP contribution is 2.33. The molecule has 1 aliphatic carbocycles. The van der Waals surface area contributed by atoms with Crippen molar-refractivity contribution < 1.29 is 4.79 Å². The number of nitrogens with zero attached hydrogens (tertiary/aromatic N) is 1. The summed E-state index contributed by atoms with van der Waals surface area (Å²) in [5.74, 6) is 1.45. The standard InChI is InChI=1S/C20H32N4O/c1-13-4-6-15(7-5-13)23-20(25)16-10-17(21)18(22-3)11-19(16)24-9-8-14(2)12-24/h10-11,13-15,22H,4-9,12,21H2,1-3H3,(H,23,25)/t13-,14?,15-. The van der Waals surface area contributed by atoms with Crippen LogP contribution in [-0.2, 0) is 0 Å². The topological polar surface area (TPSA) is 70.4 Å². The molecule has 2 aliphatic rings. The molecule has 1 aliphatic heterocycles. The van der Waals surface area contributed by atoms with Crippen molar-refractivity contribution in [2.24, 2.45) is 11.8 Å². The van der Waals surface area contributed by atoms with E-state index < -0.39 is 0 Å². The van der Waals surface area contributed by atoms with Crippen molar-refractivity contribution in [3.05, 3.63) is 17.7 Å². The highest BCUT2D eigenvalue weighted by molar-refractivity contribution is 6.02. The smallest absolute Gasteiger partial charge is 0.253 e. The summed E-state index contributed by atoms with van der Waals surface area (Å²) < 4.78 is 0. The van der Waals surface area contributed by atoms with Crippen LogP contribution in [0.15, 0.2) is 12.1 Å². The van der Waals surface area contributed by atoms with Crippen LogP contribution in [0.3, 0.4) is 0 Å². The van der Waals surface area contributed by atoms with Gasteiger partial charge in [-0.15, -0.1) is 0 Å². The molecule has 1 amide bonds. The summed E-state index contributed by atoms with van der Waals surface area (Å²) in [6.07, 6.45) is 5.71. The lowest BCUT2D eigenvalue weighted by molar-refractivity contribution is 0.0923. The van der Waals surface area contributed by atoms with Gasteiger partial charge in [0.2, 0.25) is 0 Å². The third-order valence-corrected chi connectivity index (χ3v) is 5.80. The maximum absolute atomic E-state index is 13.0. The lowest BCUT2D eigenvalue weighted by atomic mass is 9.87. The Labute approximate surface area is 151 Å². The zero-order valence-electron chi connectivity index (χ0n) is 15.8. The number of nitrogens with two attached hydrogens (primary N) is 1. The molecule has 1 heterocycles. The van der Waals surface area contributed by atoms with Crippen LogP contribution < -0.4 is 21.3 Å². The van der Waals surface area contributed by atoms with E-state index >= 15 is 0 Å². The Morgan fingerprint density at radius 3 is 2.44 bits per heavy atom. The molecule has 1 aromatic carbocycles. The summed E-state index contributed by atoms with van der Waals surface area (Å²) >= 11 is 0. The number of carbonyl (C=O) groups is 1. The second-order valence-corrected chi connectivity index (χ2v) is 7.98. The van der Waals surface area contributed by atoms with Gasteiger partial charge in [-0.05, 0) is 56.1 Å². The van der Waals surface area contributed by atoms with Crippen molar-refractivity contribution in [3.63, 3.8) is 0 Å². The van der Waals surface area contributed by atoms with E-state index in [-0.39, 0.29) is 5.91 Å². The SMILES string of the molecule is CNc1cc(N2CCC(C)C2)c(C(=O)N[C@H]2CC[C@H](C)CC2)cc1N. The Morgan fingerprint density at radius 2 is 1.84 bits per heavy atom. The van der Waals surface area contributed by atoms with Gasteiger partial charge in [0.25, 0.3) is 5.91 Å². The molecule has 5 nitrogen and oxygen atoms in total. The van der Waals surface area contributed by atoms with Gasteiger partial charge in [-0.2, -0.15) is 0 Å². The van der Waals surface area contributed by atoms with Crippen molar-refractivity contribution >= 4 is 23.0 Å². The van der Waals surface area contributed by atoms with Gasteiger partial charge in [0.1, 0.15) is 0 Å². The number of carbonyl (C=O) groups excluding carboxylic acids is 1. The number of hydrogen-bond donors (Lipinski definition) is 3. The van der Waals surface area contributed by atoms with Gasteiger partial charge < -0.3 is 21.3 Å². The van der Waals surface area contributed by atoms with E-state index in [0.29, 0.717) is 23.2 Å². The summed E-state index contributed by atoms with van der Waals surface area (Å²) in [4.78, 5) is 15.3. The Hall–Kier alpha value is -1.91. The molecule has 1 aromatic rings. The summed E-state index contributed by atoms with van der Waals surface area (Å²) in [5, 5.41) is 6.39. The first kappa shape index (κ1) is 17.9. The monoisotopic (exact) mass is 344 g/mol. The van der Waals surface area contributed by atoms with Gasteiger partial charge >= 0.3 is 0 Å². The maximum atomic E-state index is 13.0. The summed E-state index contributed by atoms with van der Waals surface area (Å²) in [6, 6.07) is 4.16. The fraction of sp³-hybridized carbons (Fsp3) is 0.650. The van der Waals surface area contributed by atoms with Gasteiger partial charge in [0, 0.05) is 26.2 Å². The van der Waals surface area contributed by atoms with Gasteiger partial charge in [0.05, 0.1) is 22.6 Å². The first-order valence-electron chi connectivity index (χ1n) is 9.65. The molecule has 1 atom stereocenters. The highest BCUT2D eigenvalue weighted by Gasteiger charge is 2.26. The number of anilines is 3. The fourth-order valence-corrected chi connectivity index (χ4v) is 4.09. The minimum absolute atomic E-state index is 0.0171. The van der Waals surface area contributed by atoms with Crippen LogP contribution >= 0.6 is 0 Å². The second-order valence-electron chi connectivity index (χ2n) is 7.98. The van der Waals surface area contributed by atoms with E-state index in [9.17, 15) is 4.79 Å². The van der Waals surface area contributed by atoms with Crippen molar-refractivity contribution in [3.8, 4) is 0 Å². The van der Waals surface area contributed by atoms with E-state index in [2.05, 4.69) is 29.4 Å². The normalized spacial score (nSPS) is 26.5. The minimum atomic E-state index is 0.0171. The first-order chi connectivity index (χ1) is 12.0. The van der Waals surface area contributed by atoms with Crippen LogP contribution in [0.5, 0.6) is 0 Å². The molecule has 0 aromatic heterocycles. The zero-order valence-corrected chi connectivity index (χ0v) is 15.8. The molecule has 138 valence electrons. The number of amides is 1. The Kier molecular flexibility index (Phi) is 5.40. The highest BCUT2D eigenvalue weighted by atomic mass is 16.1. The predicted molar refractivity (Wildman–Crippen MR) is 105 cm³/mol. The molecule has 25 heavy (non-hydrogen) atoms. The molecule has 3 rings (SSSR count). The number of nitrogens with one attached hydrogen (secondary N) is 2. The summed E-state index contributed by atoms with van der Waals surface area (Å²) in [5.41, 5.74) is 9.38. The van der Waals surface area contributed by atoms with Crippen LogP contribution in [0, 0.1) is 11.8 Å². The van der Waals surface area contributed by atoms with E-state index in [1.807, 2.05) is 19.2 Å².